The van der Waals surface area contributed by atoms with Gasteiger partial charge in [-0.1, -0.05) is 42.5 Å². The molecule has 2 aromatic rings. The number of amides is 4. The summed E-state index contributed by atoms with van der Waals surface area (Å²) in [5.41, 5.74) is 2.05. The topological polar surface area (TPSA) is 88.2 Å². The summed E-state index contributed by atoms with van der Waals surface area (Å²) >= 11 is 0. The van der Waals surface area contributed by atoms with E-state index in [4.69, 9.17) is 9.47 Å². The van der Waals surface area contributed by atoms with Crippen LogP contribution in [0.25, 0.3) is 0 Å². The number of methoxy groups -OCH3 is 1. The van der Waals surface area contributed by atoms with Crippen LogP contribution in [0.2, 0.25) is 0 Å². The van der Waals surface area contributed by atoms with Crippen LogP contribution in [0.3, 0.4) is 0 Å². The largest absolute Gasteiger partial charge is 0.497 e. The highest BCUT2D eigenvalue weighted by molar-refractivity contribution is 6.04. The van der Waals surface area contributed by atoms with Gasteiger partial charge in [0.15, 0.2) is 0 Å². The Bertz CT molecular complexity index is 979. The zero-order chi connectivity index (χ0) is 23.2. The molecule has 8 nitrogen and oxygen atoms in total. The Hall–Kier alpha value is -3.39. The third-order valence-corrected chi connectivity index (χ3v) is 6.13. The molecule has 4 rings (SSSR count). The van der Waals surface area contributed by atoms with Crippen LogP contribution < -0.4 is 10.1 Å². The summed E-state index contributed by atoms with van der Waals surface area (Å²) in [7, 11) is 1.60. The average molecular weight is 452 g/mol. The number of nitrogens with zero attached hydrogens (tertiary/aromatic N) is 2. The summed E-state index contributed by atoms with van der Waals surface area (Å²) in [6.45, 7) is 1.79. The lowest BCUT2D eigenvalue weighted by atomic mass is 10.1. The van der Waals surface area contributed by atoms with Gasteiger partial charge in [0.2, 0.25) is 5.91 Å². The maximum absolute atomic E-state index is 12.8. The van der Waals surface area contributed by atoms with Gasteiger partial charge in [-0.3, -0.25) is 14.5 Å². The van der Waals surface area contributed by atoms with Gasteiger partial charge in [-0.05, 0) is 36.1 Å². The first-order chi connectivity index (χ1) is 16.0. The van der Waals surface area contributed by atoms with Crippen molar-refractivity contribution in [3.05, 3.63) is 65.7 Å². The summed E-state index contributed by atoms with van der Waals surface area (Å²) < 4.78 is 11.0. The number of urea groups is 1. The molecule has 2 saturated heterocycles. The lowest BCUT2D eigenvalue weighted by Crippen LogP contribution is -2.43. The molecule has 174 valence electrons. The smallest absolute Gasteiger partial charge is 0.324 e. The van der Waals surface area contributed by atoms with Crippen LogP contribution in [0.4, 0.5) is 4.79 Å². The van der Waals surface area contributed by atoms with E-state index in [2.05, 4.69) is 5.32 Å². The monoisotopic (exact) mass is 451 g/mol. The Morgan fingerprint density at radius 1 is 1.12 bits per heavy atom. The van der Waals surface area contributed by atoms with E-state index < -0.39 is 12.1 Å². The third-order valence-electron chi connectivity index (χ3n) is 6.13. The third kappa shape index (κ3) is 5.51. The Labute approximate surface area is 193 Å². The second kappa shape index (κ2) is 10.5. The summed E-state index contributed by atoms with van der Waals surface area (Å²) in [5.74, 6) is 0.456. The van der Waals surface area contributed by atoms with Crippen LogP contribution in [0.15, 0.2) is 54.6 Å². The number of hydrogen-bond donors (Lipinski definition) is 1. The van der Waals surface area contributed by atoms with Crippen LogP contribution in [0, 0.1) is 0 Å². The molecular weight excluding hydrogens is 422 g/mol. The first-order valence-corrected chi connectivity index (χ1v) is 11.2. The van der Waals surface area contributed by atoms with Crippen molar-refractivity contribution in [3.8, 4) is 5.75 Å². The molecule has 0 aliphatic carbocycles. The van der Waals surface area contributed by atoms with Gasteiger partial charge in [0.25, 0.3) is 5.91 Å². The minimum absolute atomic E-state index is 0.0297. The zero-order valence-electron chi connectivity index (χ0n) is 18.7. The van der Waals surface area contributed by atoms with E-state index in [0.29, 0.717) is 32.7 Å². The molecule has 0 bridgehead atoms. The number of rotatable bonds is 8. The highest BCUT2D eigenvalue weighted by Gasteiger charge is 2.38. The van der Waals surface area contributed by atoms with Crippen LogP contribution in [0.5, 0.6) is 5.75 Å². The highest BCUT2D eigenvalue weighted by Crippen LogP contribution is 2.23. The molecule has 0 unspecified atom stereocenters. The van der Waals surface area contributed by atoms with E-state index in [9.17, 15) is 14.4 Å². The van der Waals surface area contributed by atoms with Crippen molar-refractivity contribution in [2.24, 2.45) is 0 Å². The number of morpholine rings is 1. The zero-order valence-corrected chi connectivity index (χ0v) is 18.7. The predicted octanol–water partition coefficient (Wildman–Crippen LogP) is 2.54. The predicted molar refractivity (Wildman–Crippen MR) is 122 cm³/mol. The second-order valence-electron chi connectivity index (χ2n) is 8.24. The number of ether oxygens (including phenoxy) is 2. The molecule has 0 spiro atoms. The first-order valence-electron chi connectivity index (χ1n) is 11.2. The van der Waals surface area contributed by atoms with E-state index in [-0.39, 0.29) is 30.8 Å². The molecule has 2 aliphatic heterocycles. The number of benzene rings is 2. The SMILES string of the molecule is COc1ccc(CCN2C(=O)N[C@H](CCC(=O)N3CCO[C@@H](c4ccccc4)C3)C2=O)cc1. The summed E-state index contributed by atoms with van der Waals surface area (Å²) in [6, 6.07) is 16.3. The van der Waals surface area contributed by atoms with Crippen LogP contribution in [0.1, 0.15) is 30.1 Å². The average Bonchev–Trinajstić information content (AvgIpc) is 3.14. The molecule has 2 atom stereocenters. The fraction of sp³-hybridized carbons (Fsp3) is 0.400. The van der Waals surface area contributed by atoms with Crippen LogP contribution in [-0.4, -0.2) is 67.0 Å². The molecule has 4 amide bonds. The maximum atomic E-state index is 12.8. The van der Waals surface area contributed by atoms with Gasteiger partial charge in [-0.15, -0.1) is 0 Å². The quantitative estimate of drug-likeness (QED) is 0.623. The number of nitrogens with one attached hydrogen (secondary N) is 1. The normalized spacial score (nSPS) is 20.6. The molecule has 8 heteroatoms. The van der Waals surface area contributed by atoms with Crippen molar-refractivity contribution in [2.75, 3.05) is 33.4 Å². The highest BCUT2D eigenvalue weighted by atomic mass is 16.5. The lowest BCUT2D eigenvalue weighted by molar-refractivity contribution is -0.139. The van der Waals surface area contributed by atoms with Crippen molar-refractivity contribution in [1.82, 2.24) is 15.1 Å². The molecule has 33 heavy (non-hydrogen) atoms. The minimum atomic E-state index is -0.664. The molecule has 2 fully saturated rings. The second-order valence-corrected chi connectivity index (χ2v) is 8.24. The number of hydrogen-bond acceptors (Lipinski definition) is 5. The van der Waals surface area contributed by atoms with Crippen molar-refractivity contribution >= 4 is 17.8 Å². The molecule has 2 aliphatic rings. The molecule has 2 aromatic carbocycles. The molecular formula is C25H29N3O5. The Kier molecular flexibility index (Phi) is 7.24. The van der Waals surface area contributed by atoms with E-state index in [1.807, 2.05) is 54.6 Å². The van der Waals surface area contributed by atoms with Crippen molar-refractivity contribution in [2.45, 2.75) is 31.4 Å². The van der Waals surface area contributed by atoms with Crippen LogP contribution in [-0.2, 0) is 20.7 Å². The van der Waals surface area contributed by atoms with Gasteiger partial charge in [-0.2, -0.15) is 0 Å². The van der Waals surface area contributed by atoms with E-state index in [0.717, 1.165) is 16.9 Å². The molecule has 0 saturated carbocycles. The Balaban J connectivity index is 1.26. The van der Waals surface area contributed by atoms with Crippen molar-refractivity contribution < 1.29 is 23.9 Å². The number of imide groups is 1. The number of carbonyl (C=O) groups excluding carboxylic acids is 3. The van der Waals surface area contributed by atoms with E-state index in [1.54, 1.807) is 12.0 Å². The fourth-order valence-electron chi connectivity index (χ4n) is 4.19. The van der Waals surface area contributed by atoms with Gasteiger partial charge < -0.3 is 19.7 Å². The summed E-state index contributed by atoms with van der Waals surface area (Å²) in [4.78, 5) is 40.9. The molecule has 1 N–H and O–H groups in total. The molecule has 0 aromatic heterocycles. The van der Waals surface area contributed by atoms with Gasteiger partial charge in [0, 0.05) is 19.5 Å². The first kappa shape index (κ1) is 22.8. The Morgan fingerprint density at radius 2 is 1.88 bits per heavy atom. The van der Waals surface area contributed by atoms with Gasteiger partial charge in [-0.25, -0.2) is 4.79 Å². The van der Waals surface area contributed by atoms with Gasteiger partial charge in [0.05, 0.1) is 20.3 Å². The summed E-state index contributed by atoms with van der Waals surface area (Å²) in [6.07, 6.45) is 0.897. The van der Waals surface area contributed by atoms with Crippen LogP contribution >= 0.6 is 0 Å². The van der Waals surface area contributed by atoms with E-state index in [1.165, 1.54) is 4.90 Å². The summed E-state index contributed by atoms with van der Waals surface area (Å²) in [5, 5.41) is 2.72. The molecule has 2 heterocycles. The fourth-order valence-corrected chi connectivity index (χ4v) is 4.19. The lowest BCUT2D eigenvalue weighted by Gasteiger charge is -2.33. The van der Waals surface area contributed by atoms with Gasteiger partial charge in [0.1, 0.15) is 17.9 Å². The molecule has 0 radical (unpaired) electrons. The van der Waals surface area contributed by atoms with Gasteiger partial charge >= 0.3 is 6.03 Å². The number of carbonyl (C=O) groups is 3. The maximum Gasteiger partial charge on any atom is 0.324 e. The standard InChI is InChI=1S/C25H29N3O5/c1-32-20-9-7-18(8-10-20)13-14-28-24(30)21(26-25(28)31)11-12-23(29)27-15-16-33-22(17-27)19-5-3-2-4-6-19/h2-10,21-22H,11-17H2,1H3,(H,26,31)/t21-,22-/m1/s1. The van der Waals surface area contributed by atoms with E-state index >= 15 is 0 Å². The Morgan fingerprint density at radius 3 is 2.61 bits per heavy atom. The minimum Gasteiger partial charge on any atom is -0.497 e. The van der Waals surface area contributed by atoms with Crippen molar-refractivity contribution in [3.63, 3.8) is 0 Å². The van der Waals surface area contributed by atoms with Crippen molar-refractivity contribution in [1.29, 1.82) is 0 Å².